The number of carbonyl (C=O) groups excluding carboxylic acids is 3. The van der Waals surface area contributed by atoms with E-state index in [0.29, 0.717) is 30.0 Å². The Balaban J connectivity index is 1.46. The van der Waals surface area contributed by atoms with Crippen molar-refractivity contribution in [3.05, 3.63) is 18.2 Å². The van der Waals surface area contributed by atoms with E-state index in [1.165, 1.54) is 0 Å². The number of benzene rings is 1. The van der Waals surface area contributed by atoms with Gasteiger partial charge in [0.1, 0.15) is 5.54 Å². The van der Waals surface area contributed by atoms with Crippen molar-refractivity contribution in [3.63, 3.8) is 0 Å². The van der Waals surface area contributed by atoms with Gasteiger partial charge >= 0.3 is 5.97 Å². The van der Waals surface area contributed by atoms with E-state index in [1.54, 1.807) is 30.0 Å². The summed E-state index contributed by atoms with van der Waals surface area (Å²) in [5.74, 6) is -0.0458. The quantitative estimate of drug-likeness (QED) is 0.759. The van der Waals surface area contributed by atoms with Crippen LogP contribution in [0.5, 0.6) is 11.5 Å². The number of nitrogens with one attached hydrogen (secondary N) is 1. The van der Waals surface area contributed by atoms with Crippen LogP contribution in [-0.2, 0) is 19.1 Å². The summed E-state index contributed by atoms with van der Waals surface area (Å²) in [5, 5.41) is 2.96. The Bertz CT molecular complexity index is 817. The monoisotopic (exact) mass is 402 g/mol. The summed E-state index contributed by atoms with van der Waals surface area (Å²) in [6, 6.07) is 5.30. The fourth-order valence-corrected chi connectivity index (χ4v) is 4.33. The first kappa shape index (κ1) is 19.5. The molecule has 8 heteroatoms. The van der Waals surface area contributed by atoms with Gasteiger partial charge in [-0.1, -0.05) is 19.3 Å². The molecule has 1 N–H and O–H groups in total. The van der Waals surface area contributed by atoms with Gasteiger partial charge in [0, 0.05) is 24.7 Å². The second-order valence-corrected chi connectivity index (χ2v) is 7.80. The highest BCUT2D eigenvalue weighted by molar-refractivity contribution is 6.01. The van der Waals surface area contributed by atoms with Crippen LogP contribution in [0.3, 0.4) is 0 Å². The van der Waals surface area contributed by atoms with Crippen LogP contribution >= 0.6 is 0 Å². The molecule has 2 aliphatic heterocycles. The average molecular weight is 402 g/mol. The zero-order chi connectivity index (χ0) is 20.4. The molecule has 29 heavy (non-hydrogen) atoms. The van der Waals surface area contributed by atoms with Crippen molar-refractivity contribution in [1.82, 2.24) is 5.32 Å². The summed E-state index contributed by atoms with van der Waals surface area (Å²) in [7, 11) is 0. The second-order valence-electron chi connectivity index (χ2n) is 7.80. The number of fused-ring (bicyclic) bond motifs is 1. The van der Waals surface area contributed by atoms with Crippen molar-refractivity contribution in [1.29, 1.82) is 0 Å². The predicted molar refractivity (Wildman–Crippen MR) is 104 cm³/mol. The maximum Gasteiger partial charge on any atom is 0.331 e. The molecule has 1 aliphatic carbocycles. The van der Waals surface area contributed by atoms with Crippen LogP contribution < -0.4 is 19.7 Å². The van der Waals surface area contributed by atoms with Gasteiger partial charge in [-0.25, -0.2) is 4.79 Å². The number of anilines is 1. The standard InChI is InChI=1S/C21H26N2O6/c1-2-27-20(26)21(8-4-3-5-9-21)22-19(25)14-10-18(24)23(12-14)15-6-7-16-17(11-15)29-13-28-16/h6-7,11,14H,2-5,8-10,12-13H2,1H3,(H,22,25). The molecule has 2 fully saturated rings. The minimum absolute atomic E-state index is 0.110. The number of nitrogens with zero attached hydrogens (tertiary/aromatic N) is 1. The summed E-state index contributed by atoms with van der Waals surface area (Å²) < 4.78 is 15.9. The van der Waals surface area contributed by atoms with Gasteiger partial charge in [0.2, 0.25) is 18.6 Å². The van der Waals surface area contributed by atoms with E-state index in [-0.39, 0.29) is 44.1 Å². The van der Waals surface area contributed by atoms with Crippen LogP contribution in [0.1, 0.15) is 45.4 Å². The third-order valence-corrected chi connectivity index (χ3v) is 5.90. The van der Waals surface area contributed by atoms with Crippen molar-refractivity contribution in [2.24, 2.45) is 5.92 Å². The molecule has 2 heterocycles. The Morgan fingerprint density at radius 1 is 1.21 bits per heavy atom. The van der Waals surface area contributed by atoms with E-state index in [9.17, 15) is 14.4 Å². The molecule has 1 saturated carbocycles. The molecule has 4 rings (SSSR count). The van der Waals surface area contributed by atoms with Crippen molar-refractivity contribution < 1.29 is 28.6 Å². The van der Waals surface area contributed by atoms with Crippen molar-refractivity contribution in [2.75, 3.05) is 24.8 Å². The largest absolute Gasteiger partial charge is 0.464 e. The second kappa shape index (κ2) is 7.93. The summed E-state index contributed by atoms with van der Waals surface area (Å²) >= 11 is 0. The summed E-state index contributed by atoms with van der Waals surface area (Å²) in [5.41, 5.74) is -0.298. The molecular formula is C21H26N2O6. The number of rotatable bonds is 5. The molecule has 0 radical (unpaired) electrons. The Labute approximate surface area is 169 Å². The fourth-order valence-electron chi connectivity index (χ4n) is 4.33. The number of hydrogen-bond donors (Lipinski definition) is 1. The van der Waals surface area contributed by atoms with E-state index in [2.05, 4.69) is 5.32 Å². The highest BCUT2D eigenvalue weighted by Gasteiger charge is 2.45. The maximum atomic E-state index is 13.0. The molecule has 1 saturated heterocycles. The van der Waals surface area contributed by atoms with Gasteiger partial charge in [0.05, 0.1) is 12.5 Å². The minimum atomic E-state index is -0.972. The van der Waals surface area contributed by atoms with E-state index in [0.717, 1.165) is 19.3 Å². The fraction of sp³-hybridized carbons (Fsp3) is 0.571. The molecule has 1 aromatic rings. The molecule has 0 aromatic heterocycles. The van der Waals surface area contributed by atoms with Crippen LogP contribution in [0.15, 0.2) is 18.2 Å². The lowest BCUT2D eigenvalue weighted by molar-refractivity contribution is -0.155. The highest BCUT2D eigenvalue weighted by Crippen LogP contribution is 2.37. The molecule has 1 atom stereocenters. The first-order valence-corrected chi connectivity index (χ1v) is 10.2. The number of ether oxygens (including phenoxy) is 3. The Morgan fingerprint density at radius 3 is 2.72 bits per heavy atom. The third kappa shape index (κ3) is 3.75. The molecule has 3 aliphatic rings. The summed E-state index contributed by atoms with van der Waals surface area (Å²) in [6.45, 7) is 2.46. The number of hydrogen-bond acceptors (Lipinski definition) is 6. The van der Waals surface area contributed by atoms with Gasteiger partial charge in [-0.05, 0) is 31.9 Å². The van der Waals surface area contributed by atoms with E-state index in [4.69, 9.17) is 14.2 Å². The molecule has 0 bridgehead atoms. The van der Waals surface area contributed by atoms with Crippen LogP contribution in [0, 0.1) is 5.92 Å². The Hall–Kier alpha value is -2.77. The molecule has 156 valence electrons. The predicted octanol–water partition coefficient (Wildman–Crippen LogP) is 2.15. The molecular weight excluding hydrogens is 376 g/mol. The van der Waals surface area contributed by atoms with E-state index in [1.807, 2.05) is 0 Å². The first-order valence-electron chi connectivity index (χ1n) is 10.2. The highest BCUT2D eigenvalue weighted by atomic mass is 16.7. The van der Waals surface area contributed by atoms with Gasteiger partial charge in [0.15, 0.2) is 11.5 Å². The Morgan fingerprint density at radius 2 is 1.97 bits per heavy atom. The number of carbonyl (C=O) groups is 3. The van der Waals surface area contributed by atoms with E-state index >= 15 is 0 Å². The molecule has 1 unspecified atom stereocenters. The zero-order valence-electron chi connectivity index (χ0n) is 16.6. The van der Waals surface area contributed by atoms with Crippen LogP contribution in [0.4, 0.5) is 5.69 Å². The molecule has 8 nitrogen and oxygen atoms in total. The van der Waals surface area contributed by atoms with Crippen molar-refractivity contribution in [3.8, 4) is 11.5 Å². The van der Waals surface area contributed by atoms with Gasteiger partial charge in [-0.3, -0.25) is 9.59 Å². The maximum absolute atomic E-state index is 13.0. The number of amides is 2. The van der Waals surface area contributed by atoms with Crippen LogP contribution in [0.25, 0.3) is 0 Å². The smallest absolute Gasteiger partial charge is 0.331 e. The first-order chi connectivity index (χ1) is 14.0. The van der Waals surface area contributed by atoms with Gasteiger partial charge < -0.3 is 24.4 Å². The van der Waals surface area contributed by atoms with Crippen LogP contribution in [-0.4, -0.2) is 43.3 Å². The third-order valence-electron chi connectivity index (χ3n) is 5.90. The lowest BCUT2D eigenvalue weighted by atomic mass is 9.81. The zero-order valence-corrected chi connectivity index (χ0v) is 16.6. The molecule has 1 aromatic carbocycles. The number of esters is 1. The van der Waals surface area contributed by atoms with Crippen molar-refractivity contribution >= 4 is 23.5 Å². The average Bonchev–Trinajstić information content (AvgIpc) is 3.34. The Kier molecular flexibility index (Phi) is 5.34. The minimum Gasteiger partial charge on any atom is -0.464 e. The summed E-state index contributed by atoms with van der Waals surface area (Å²) in [4.78, 5) is 39.8. The van der Waals surface area contributed by atoms with Gasteiger partial charge in [0.25, 0.3) is 0 Å². The topological polar surface area (TPSA) is 94.2 Å². The van der Waals surface area contributed by atoms with Crippen LogP contribution in [0.2, 0.25) is 0 Å². The summed E-state index contributed by atoms with van der Waals surface area (Å²) in [6.07, 6.45) is 4.03. The van der Waals surface area contributed by atoms with Crippen molar-refractivity contribution in [2.45, 2.75) is 51.0 Å². The lowest BCUT2D eigenvalue weighted by Crippen LogP contribution is -2.57. The molecule has 2 amide bonds. The van der Waals surface area contributed by atoms with Gasteiger partial charge in [-0.15, -0.1) is 0 Å². The SMILES string of the molecule is CCOC(=O)C1(NC(=O)C2CC(=O)N(c3ccc4c(c3)OCO4)C2)CCCCC1. The van der Waals surface area contributed by atoms with Gasteiger partial charge in [-0.2, -0.15) is 0 Å². The normalized spacial score (nSPS) is 22.4. The molecule has 0 spiro atoms. The lowest BCUT2D eigenvalue weighted by Gasteiger charge is -2.36. The van der Waals surface area contributed by atoms with E-state index < -0.39 is 11.5 Å².